The minimum absolute atomic E-state index is 0.00548. The van der Waals surface area contributed by atoms with Gasteiger partial charge in [0.2, 0.25) is 11.9 Å². The molecule has 0 bridgehead atoms. The second-order valence-corrected chi connectivity index (χ2v) is 9.56. The van der Waals surface area contributed by atoms with Crippen LogP contribution < -0.4 is 14.9 Å². The van der Waals surface area contributed by atoms with Crippen molar-refractivity contribution in [2.24, 2.45) is 5.92 Å². The number of carbonyl (C=O) groups is 1. The van der Waals surface area contributed by atoms with Crippen molar-refractivity contribution in [1.29, 1.82) is 0 Å². The standard InChI is InChI=1S/C22H26N6O2S/c1-15-5-9-18(10-6-15)31(30)26-17-11-13-27(14-12-17)20-4-2-3-19-23-22(25-28(19)20)24-21(29)16-7-8-16/h2-6,9-10,16-17,26H,7-8,11-14H2,1H3,(H,24,25,29). The Bertz CT molecular complexity index is 1120. The third-order valence-electron chi connectivity index (χ3n) is 5.85. The monoisotopic (exact) mass is 438 g/mol. The molecule has 1 saturated carbocycles. The number of rotatable bonds is 6. The Balaban J connectivity index is 1.23. The smallest absolute Gasteiger partial charge is 0.249 e. The Morgan fingerprint density at radius 3 is 2.52 bits per heavy atom. The largest absolute Gasteiger partial charge is 0.356 e. The molecule has 1 atom stereocenters. The highest BCUT2D eigenvalue weighted by atomic mass is 32.2. The second kappa shape index (κ2) is 8.39. The number of pyridine rings is 1. The number of hydrogen-bond donors (Lipinski definition) is 2. The molecular weight excluding hydrogens is 412 g/mol. The van der Waals surface area contributed by atoms with Gasteiger partial charge in [-0.3, -0.25) is 10.1 Å². The van der Waals surface area contributed by atoms with E-state index >= 15 is 0 Å². The number of anilines is 2. The Hall–Kier alpha value is -2.78. The topological polar surface area (TPSA) is 91.6 Å². The van der Waals surface area contributed by atoms with Gasteiger partial charge < -0.3 is 4.90 Å². The van der Waals surface area contributed by atoms with E-state index in [9.17, 15) is 9.00 Å². The van der Waals surface area contributed by atoms with Gasteiger partial charge in [-0.05, 0) is 56.9 Å². The molecule has 8 nitrogen and oxygen atoms in total. The van der Waals surface area contributed by atoms with E-state index in [4.69, 9.17) is 0 Å². The van der Waals surface area contributed by atoms with Gasteiger partial charge in [0.05, 0.1) is 4.90 Å². The summed E-state index contributed by atoms with van der Waals surface area (Å²) in [6.45, 7) is 3.67. The van der Waals surface area contributed by atoms with E-state index in [0.29, 0.717) is 11.6 Å². The quantitative estimate of drug-likeness (QED) is 0.617. The third-order valence-corrected chi connectivity index (χ3v) is 7.10. The van der Waals surface area contributed by atoms with E-state index in [0.717, 1.165) is 55.0 Å². The molecule has 1 saturated heterocycles. The lowest BCUT2D eigenvalue weighted by molar-refractivity contribution is -0.117. The summed E-state index contributed by atoms with van der Waals surface area (Å²) in [4.78, 5) is 19.6. The molecule has 2 fully saturated rings. The van der Waals surface area contributed by atoms with Crippen LogP contribution in [-0.2, 0) is 15.8 Å². The maximum Gasteiger partial charge on any atom is 0.249 e. The highest BCUT2D eigenvalue weighted by Gasteiger charge is 2.30. The van der Waals surface area contributed by atoms with Crippen LogP contribution in [0.2, 0.25) is 0 Å². The summed E-state index contributed by atoms with van der Waals surface area (Å²) < 4.78 is 17.7. The molecule has 3 heterocycles. The molecule has 0 spiro atoms. The van der Waals surface area contributed by atoms with Crippen LogP contribution in [0, 0.1) is 12.8 Å². The zero-order valence-corrected chi connectivity index (χ0v) is 18.3. The summed E-state index contributed by atoms with van der Waals surface area (Å²) in [7, 11) is -1.20. The van der Waals surface area contributed by atoms with Gasteiger partial charge in [0.25, 0.3) is 0 Å². The number of fused-ring (bicyclic) bond motifs is 1. The number of nitrogens with one attached hydrogen (secondary N) is 2. The van der Waals surface area contributed by atoms with E-state index in [-0.39, 0.29) is 17.9 Å². The fourth-order valence-corrected chi connectivity index (χ4v) is 4.91. The van der Waals surface area contributed by atoms with Crippen LogP contribution in [0.1, 0.15) is 31.2 Å². The zero-order valence-electron chi connectivity index (χ0n) is 17.5. The molecular formula is C22H26N6O2S. The number of piperidine rings is 1. The van der Waals surface area contributed by atoms with Crippen molar-refractivity contribution >= 4 is 34.3 Å². The van der Waals surface area contributed by atoms with Crippen LogP contribution in [0.4, 0.5) is 11.8 Å². The van der Waals surface area contributed by atoms with Crippen LogP contribution in [0.15, 0.2) is 47.4 Å². The number of nitrogens with zero attached hydrogens (tertiary/aromatic N) is 4. The van der Waals surface area contributed by atoms with Gasteiger partial charge in [0.1, 0.15) is 16.8 Å². The summed E-state index contributed by atoms with van der Waals surface area (Å²) in [5, 5.41) is 7.35. The summed E-state index contributed by atoms with van der Waals surface area (Å²) >= 11 is 0. The van der Waals surface area contributed by atoms with Crippen LogP contribution in [0.3, 0.4) is 0 Å². The van der Waals surface area contributed by atoms with Gasteiger partial charge in [-0.1, -0.05) is 23.8 Å². The van der Waals surface area contributed by atoms with Crippen LogP contribution in [-0.4, -0.2) is 43.8 Å². The predicted octanol–water partition coefficient (Wildman–Crippen LogP) is 2.67. The van der Waals surface area contributed by atoms with Gasteiger partial charge in [0.15, 0.2) is 5.65 Å². The Morgan fingerprint density at radius 2 is 1.81 bits per heavy atom. The van der Waals surface area contributed by atoms with E-state index in [1.807, 2.05) is 49.4 Å². The number of amides is 1. The number of aromatic nitrogens is 3. The molecule has 1 aliphatic heterocycles. The lowest BCUT2D eigenvalue weighted by Crippen LogP contribution is -2.43. The molecule has 31 heavy (non-hydrogen) atoms. The lowest BCUT2D eigenvalue weighted by atomic mass is 10.1. The average molecular weight is 439 g/mol. The summed E-state index contributed by atoms with van der Waals surface area (Å²) in [5.74, 6) is 1.43. The average Bonchev–Trinajstić information content (AvgIpc) is 3.54. The fraction of sp³-hybridized carbons (Fsp3) is 0.409. The molecule has 2 aromatic heterocycles. The molecule has 1 aliphatic carbocycles. The maximum atomic E-state index is 12.6. The van der Waals surface area contributed by atoms with Crippen molar-refractivity contribution in [3.63, 3.8) is 0 Å². The first-order valence-electron chi connectivity index (χ1n) is 10.7. The molecule has 3 aromatic rings. The highest BCUT2D eigenvalue weighted by Crippen LogP contribution is 2.30. The summed E-state index contributed by atoms with van der Waals surface area (Å²) in [6.07, 6.45) is 3.66. The minimum atomic E-state index is -1.20. The molecule has 2 N–H and O–H groups in total. The Kier molecular flexibility index (Phi) is 5.45. The number of aryl methyl sites for hydroxylation is 1. The molecule has 0 radical (unpaired) electrons. The van der Waals surface area contributed by atoms with Gasteiger partial charge in [-0.25, -0.2) is 8.93 Å². The Morgan fingerprint density at radius 1 is 1.06 bits per heavy atom. The van der Waals surface area contributed by atoms with Crippen molar-refractivity contribution in [1.82, 2.24) is 19.3 Å². The van der Waals surface area contributed by atoms with Crippen molar-refractivity contribution in [3.05, 3.63) is 48.0 Å². The molecule has 2 aliphatic rings. The van der Waals surface area contributed by atoms with Crippen molar-refractivity contribution in [2.45, 2.75) is 43.5 Å². The lowest BCUT2D eigenvalue weighted by Gasteiger charge is -2.33. The first-order valence-corrected chi connectivity index (χ1v) is 11.9. The van der Waals surface area contributed by atoms with Crippen LogP contribution in [0.25, 0.3) is 5.65 Å². The molecule has 1 aromatic carbocycles. The van der Waals surface area contributed by atoms with E-state index in [1.54, 1.807) is 4.52 Å². The van der Waals surface area contributed by atoms with E-state index < -0.39 is 11.0 Å². The van der Waals surface area contributed by atoms with Crippen LogP contribution in [0.5, 0.6) is 0 Å². The predicted molar refractivity (Wildman–Crippen MR) is 120 cm³/mol. The fourth-order valence-electron chi connectivity index (χ4n) is 3.85. The number of carbonyl (C=O) groups excluding carboxylic acids is 1. The first kappa shape index (κ1) is 20.1. The SMILES string of the molecule is Cc1ccc(S(=O)NC2CCN(c3cccc4nc(NC(=O)C5CC5)nn34)CC2)cc1. The minimum Gasteiger partial charge on any atom is -0.356 e. The summed E-state index contributed by atoms with van der Waals surface area (Å²) in [5.41, 5.74) is 1.87. The van der Waals surface area contributed by atoms with E-state index in [1.165, 1.54) is 0 Å². The first-order chi connectivity index (χ1) is 15.1. The number of hydrogen-bond acceptors (Lipinski definition) is 5. The number of benzene rings is 1. The van der Waals surface area contributed by atoms with Gasteiger partial charge in [0, 0.05) is 25.0 Å². The van der Waals surface area contributed by atoms with Crippen molar-refractivity contribution in [2.75, 3.05) is 23.3 Å². The maximum absolute atomic E-state index is 12.6. The molecule has 9 heteroatoms. The van der Waals surface area contributed by atoms with Gasteiger partial charge >= 0.3 is 0 Å². The summed E-state index contributed by atoms with van der Waals surface area (Å²) in [6, 6.07) is 13.9. The van der Waals surface area contributed by atoms with Gasteiger partial charge in [-0.15, -0.1) is 5.10 Å². The molecule has 1 unspecified atom stereocenters. The molecule has 162 valence electrons. The molecule has 1 amide bonds. The third kappa shape index (κ3) is 4.47. The van der Waals surface area contributed by atoms with Gasteiger partial charge in [-0.2, -0.15) is 9.50 Å². The van der Waals surface area contributed by atoms with Crippen molar-refractivity contribution in [3.8, 4) is 0 Å². The van der Waals surface area contributed by atoms with Crippen LogP contribution >= 0.6 is 0 Å². The normalized spacial score (nSPS) is 18.3. The Labute approximate surface area is 183 Å². The molecule has 5 rings (SSSR count). The van der Waals surface area contributed by atoms with Crippen molar-refractivity contribution < 1.29 is 9.00 Å². The highest BCUT2D eigenvalue weighted by molar-refractivity contribution is 7.83. The second-order valence-electron chi connectivity index (χ2n) is 8.31. The zero-order chi connectivity index (χ0) is 21.4. The van der Waals surface area contributed by atoms with E-state index in [2.05, 4.69) is 25.0 Å².